The first-order valence-electron chi connectivity index (χ1n) is 8.98. The quantitative estimate of drug-likeness (QED) is 0.278. The van der Waals surface area contributed by atoms with E-state index in [1.54, 1.807) is 24.3 Å². The summed E-state index contributed by atoms with van der Waals surface area (Å²) in [5, 5.41) is 2.59. The fraction of sp³-hybridized carbons (Fsp3) is 0.136. The van der Waals surface area contributed by atoms with E-state index in [2.05, 4.69) is 27.8 Å². The predicted octanol–water partition coefficient (Wildman–Crippen LogP) is 3.85. The van der Waals surface area contributed by atoms with Gasteiger partial charge in [0, 0.05) is 11.0 Å². The van der Waals surface area contributed by atoms with Gasteiger partial charge in [-0.25, -0.2) is 0 Å². The van der Waals surface area contributed by atoms with E-state index in [4.69, 9.17) is 21.7 Å². The molecule has 2 amide bonds. The second-order valence-corrected chi connectivity index (χ2v) is 7.65. The standard InChI is InChI=1S/C22H19BrN2O4S/c1-3-10-25-21(27)17(20(26)24-22(25)30)11-15-6-9-18(19(12-15)28-2)29-13-14-4-7-16(23)8-5-14/h3-9,11-12H,1,10,13H2,2H3,(H,24,26,30)/b17-11+. The van der Waals surface area contributed by atoms with Crippen LogP contribution in [0.2, 0.25) is 0 Å². The molecule has 2 aromatic rings. The first-order chi connectivity index (χ1) is 14.4. The molecule has 8 heteroatoms. The van der Waals surface area contributed by atoms with Crippen molar-refractivity contribution in [1.29, 1.82) is 0 Å². The van der Waals surface area contributed by atoms with Crippen molar-refractivity contribution in [2.75, 3.05) is 13.7 Å². The van der Waals surface area contributed by atoms with Gasteiger partial charge in [-0.05, 0) is 53.7 Å². The van der Waals surface area contributed by atoms with Gasteiger partial charge in [0.15, 0.2) is 16.6 Å². The lowest BCUT2D eigenvalue weighted by Crippen LogP contribution is -2.53. The van der Waals surface area contributed by atoms with Crippen molar-refractivity contribution in [1.82, 2.24) is 10.2 Å². The molecule has 6 nitrogen and oxygen atoms in total. The zero-order valence-corrected chi connectivity index (χ0v) is 18.6. The minimum absolute atomic E-state index is 0.0176. The molecule has 0 unspecified atom stereocenters. The van der Waals surface area contributed by atoms with E-state index in [0.717, 1.165) is 10.0 Å². The molecule has 0 atom stereocenters. The van der Waals surface area contributed by atoms with Gasteiger partial charge in [0.1, 0.15) is 12.2 Å². The first-order valence-corrected chi connectivity index (χ1v) is 10.2. The molecule has 0 radical (unpaired) electrons. The van der Waals surface area contributed by atoms with Crippen LogP contribution in [0.25, 0.3) is 6.08 Å². The number of hydrogen-bond donors (Lipinski definition) is 1. The molecule has 3 rings (SSSR count). The van der Waals surface area contributed by atoms with E-state index in [1.807, 2.05) is 24.3 Å². The number of benzene rings is 2. The second kappa shape index (κ2) is 9.69. The molecule has 1 fully saturated rings. The van der Waals surface area contributed by atoms with Crippen LogP contribution in [0.15, 0.2) is 65.2 Å². The van der Waals surface area contributed by atoms with Crippen LogP contribution in [0, 0.1) is 0 Å². The molecule has 1 saturated heterocycles. The van der Waals surface area contributed by atoms with Gasteiger partial charge in [-0.15, -0.1) is 6.58 Å². The van der Waals surface area contributed by atoms with E-state index in [9.17, 15) is 9.59 Å². The van der Waals surface area contributed by atoms with Gasteiger partial charge in [-0.2, -0.15) is 0 Å². The Bertz CT molecular complexity index is 1030. The van der Waals surface area contributed by atoms with Crippen LogP contribution in [-0.4, -0.2) is 35.5 Å². The van der Waals surface area contributed by atoms with Crippen LogP contribution < -0.4 is 14.8 Å². The molecule has 0 aliphatic carbocycles. The summed E-state index contributed by atoms with van der Waals surface area (Å²) in [6.45, 7) is 4.19. The number of carbonyl (C=O) groups excluding carboxylic acids is 2. The highest BCUT2D eigenvalue weighted by Crippen LogP contribution is 2.30. The van der Waals surface area contributed by atoms with Gasteiger partial charge in [0.2, 0.25) is 0 Å². The van der Waals surface area contributed by atoms with Crippen molar-refractivity contribution >= 4 is 51.2 Å². The van der Waals surface area contributed by atoms with Crippen LogP contribution in [-0.2, 0) is 16.2 Å². The summed E-state index contributed by atoms with van der Waals surface area (Å²) in [4.78, 5) is 26.2. The smallest absolute Gasteiger partial charge is 0.265 e. The number of amides is 2. The third-order valence-electron chi connectivity index (χ3n) is 4.30. The minimum atomic E-state index is -0.542. The number of hydrogen-bond acceptors (Lipinski definition) is 5. The van der Waals surface area contributed by atoms with Gasteiger partial charge in [-0.1, -0.05) is 40.2 Å². The molecular formula is C22H19BrN2O4S. The van der Waals surface area contributed by atoms with E-state index in [0.29, 0.717) is 23.7 Å². The Balaban J connectivity index is 1.82. The lowest BCUT2D eigenvalue weighted by Gasteiger charge is -2.27. The number of methoxy groups -OCH3 is 1. The number of carbonyl (C=O) groups is 2. The molecule has 1 N–H and O–H groups in total. The van der Waals surface area contributed by atoms with E-state index in [1.165, 1.54) is 18.1 Å². The molecule has 1 aliphatic heterocycles. The second-order valence-electron chi connectivity index (χ2n) is 6.35. The average Bonchev–Trinajstić information content (AvgIpc) is 2.74. The van der Waals surface area contributed by atoms with Crippen LogP contribution >= 0.6 is 28.1 Å². The minimum Gasteiger partial charge on any atom is -0.493 e. The molecule has 1 aliphatic rings. The predicted molar refractivity (Wildman–Crippen MR) is 122 cm³/mol. The normalized spacial score (nSPS) is 15.2. The van der Waals surface area contributed by atoms with Crippen molar-refractivity contribution in [2.45, 2.75) is 6.61 Å². The lowest BCUT2D eigenvalue weighted by atomic mass is 10.1. The summed E-state index contributed by atoms with van der Waals surface area (Å²) < 4.78 is 12.3. The van der Waals surface area contributed by atoms with Crippen molar-refractivity contribution in [3.63, 3.8) is 0 Å². The fourth-order valence-electron chi connectivity index (χ4n) is 2.79. The van der Waals surface area contributed by atoms with Crippen molar-refractivity contribution in [2.24, 2.45) is 0 Å². The zero-order chi connectivity index (χ0) is 21.7. The third kappa shape index (κ3) is 4.95. The van der Waals surface area contributed by atoms with Crippen LogP contribution in [0.1, 0.15) is 11.1 Å². The van der Waals surface area contributed by atoms with E-state index in [-0.39, 0.29) is 17.2 Å². The lowest BCUT2D eigenvalue weighted by molar-refractivity contribution is -0.128. The maximum atomic E-state index is 12.6. The first kappa shape index (κ1) is 21.7. The fourth-order valence-corrected chi connectivity index (χ4v) is 3.30. The highest BCUT2D eigenvalue weighted by atomic mass is 79.9. The summed E-state index contributed by atoms with van der Waals surface area (Å²) in [5.74, 6) is 0.0260. The molecule has 154 valence electrons. The molecule has 0 saturated carbocycles. The zero-order valence-electron chi connectivity index (χ0n) is 16.2. The summed E-state index contributed by atoms with van der Waals surface area (Å²) in [6.07, 6.45) is 3.04. The Kier molecular flexibility index (Phi) is 7.02. The summed E-state index contributed by atoms with van der Waals surface area (Å²) in [7, 11) is 1.53. The van der Waals surface area contributed by atoms with Crippen molar-refractivity contribution < 1.29 is 19.1 Å². The molecule has 0 bridgehead atoms. The van der Waals surface area contributed by atoms with Gasteiger partial charge < -0.3 is 9.47 Å². The highest BCUT2D eigenvalue weighted by molar-refractivity contribution is 9.10. The van der Waals surface area contributed by atoms with Gasteiger partial charge in [-0.3, -0.25) is 19.8 Å². The Labute approximate surface area is 188 Å². The van der Waals surface area contributed by atoms with Gasteiger partial charge in [0.05, 0.1) is 7.11 Å². The van der Waals surface area contributed by atoms with Crippen LogP contribution in [0.5, 0.6) is 11.5 Å². The topological polar surface area (TPSA) is 67.9 Å². The molecule has 0 aromatic heterocycles. The number of rotatable bonds is 7. The largest absolute Gasteiger partial charge is 0.493 e. The SMILES string of the molecule is C=CCN1C(=O)/C(=C/c2ccc(OCc3ccc(Br)cc3)c(OC)c2)C(=O)NC1=S. The summed E-state index contributed by atoms with van der Waals surface area (Å²) >= 11 is 8.46. The molecular weight excluding hydrogens is 468 g/mol. The number of thiocarbonyl (C=S) groups is 1. The molecule has 0 spiro atoms. The number of halogens is 1. The number of ether oxygens (including phenoxy) is 2. The van der Waals surface area contributed by atoms with E-state index >= 15 is 0 Å². The molecule has 2 aromatic carbocycles. The Morgan fingerprint density at radius 3 is 2.57 bits per heavy atom. The van der Waals surface area contributed by atoms with Gasteiger partial charge >= 0.3 is 0 Å². The Morgan fingerprint density at radius 2 is 1.90 bits per heavy atom. The average molecular weight is 487 g/mol. The summed E-state index contributed by atoms with van der Waals surface area (Å²) in [5.41, 5.74) is 1.61. The summed E-state index contributed by atoms with van der Waals surface area (Å²) in [6, 6.07) is 13.0. The maximum Gasteiger partial charge on any atom is 0.265 e. The molecule has 1 heterocycles. The third-order valence-corrected chi connectivity index (χ3v) is 5.15. The van der Waals surface area contributed by atoms with Crippen molar-refractivity contribution in [3.05, 3.63) is 76.3 Å². The van der Waals surface area contributed by atoms with E-state index < -0.39 is 11.8 Å². The number of nitrogens with one attached hydrogen (secondary N) is 1. The molecule has 30 heavy (non-hydrogen) atoms. The van der Waals surface area contributed by atoms with Crippen molar-refractivity contribution in [3.8, 4) is 11.5 Å². The Hall–Kier alpha value is -2.97. The highest BCUT2D eigenvalue weighted by Gasteiger charge is 2.32. The number of nitrogens with zero attached hydrogens (tertiary/aromatic N) is 1. The van der Waals surface area contributed by atoms with Crippen LogP contribution in [0.4, 0.5) is 0 Å². The van der Waals surface area contributed by atoms with Crippen LogP contribution in [0.3, 0.4) is 0 Å². The Morgan fingerprint density at radius 1 is 1.17 bits per heavy atom. The monoisotopic (exact) mass is 486 g/mol. The maximum absolute atomic E-state index is 12.6. The van der Waals surface area contributed by atoms with Gasteiger partial charge in [0.25, 0.3) is 11.8 Å².